The van der Waals surface area contributed by atoms with E-state index in [-0.39, 0.29) is 0 Å². The summed E-state index contributed by atoms with van der Waals surface area (Å²) in [6, 6.07) is 15.9. The Morgan fingerprint density at radius 3 is 2.47 bits per heavy atom. The maximum atomic E-state index is 5.05. The van der Waals surface area contributed by atoms with Gasteiger partial charge in [-0.05, 0) is 68.5 Å². The van der Waals surface area contributed by atoms with Crippen LogP contribution in [0.2, 0.25) is 0 Å². The molecule has 2 aromatic carbocycles. The molecular formula is C28H31N2+. The van der Waals surface area contributed by atoms with Crippen LogP contribution in [0.25, 0.3) is 32.9 Å². The fraction of sp³-hybridized carbons (Fsp3) is 0.357. The highest BCUT2D eigenvalue weighted by atomic mass is 14.9. The lowest BCUT2D eigenvalue weighted by molar-refractivity contribution is -0.659. The Morgan fingerprint density at radius 1 is 0.900 bits per heavy atom. The van der Waals surface area contributed by atoms with E-state index in [1.807, 2.05) is 0 Å². The molecule has 2 heterocycles. The molecule has 0 N–H and O–H groups in total. The Labute approximate surface area is 179 Å². The number of pyridine rings is 2. The number of hydrogen-bond donors (Lipinski definition) is 0. The van der Waals surface area contributed by atoms with Gasteiger partial charge in [0.15, 0.2) is 6.20 Å². The van der Waals surface area contributed by atoms with Crippen LogP contribution >= 0.6 is 0 Å². The van der Waals surface area contributed by atoms with E-state index in [0.29, 0.717) is 0 Å². The molecule has 1 fully saturated rings. The lowest BCUT2D eigenvalue weighted by atomic mass is 9.93. The smallest absolute Gasteiger partial charge is 0.220 e. The van der Waals surface area contributed by atoms with Crippen molar-refractivity contribution >= 4 is 21.7 Å². The molecule has 152 valence electrons. The summed E-state index contributed by atoms with van der Waals surface area (Å²) in [6.07, 6.45) is 8.84. The van der Waals surface area contributed by atoms with Crippen LogP contribution in [0.3, 0.4) is 0 Å². The topological polar surface area (TPSA) is 16.8 Å². The molecule has 0 unspecified atom stereocenters. The van der Waals surface area contributed by atoms with Gasteiger partial charge in [-0.15, -0.1) is 0 Å². The van der Waals surface area contributed by atoms with Crippen molar-refractivity contribution in [3.8, 4) is 11.3 Å². The summed E-state index contributed by atoms with van der Waals surface area (Å²) < 4.78 is 2.26. The van der Waals surface area contributed by atoms with E-state index in [9.17, 15) is 0 Å². The fourth-order valence-corrected chi connectivity index (χ4v) is 5.35. The highest BCUT2D eigenvalue weighted by Crippen LogP contribution is 2.34. The SMILES string of the molecule is Cc1cc(C)c(C)c(-c2c3ccc4nc(CC5CCCC5)ccc4c3cc[n+]2C)c1. The van der Waals surface area contributed by atoms with Crippen molar-refractivity contribution in [3.05, 3.63) is 71.0 Å². The Hall–Kier alpha value is -2.74. The van der Waals surface area contributed by atoms with Crippen LogP contribution in [0.15, 0.2) is 48.7 Å². The van der Waals surface area contributed by atoms with Crippen molar-refractivity contribution in [1.82, 2.24) is 4.98 Å². The second-order valence-corrected chi connectivity index (χ2v) is 9.28. The zero-order valence-corrected chi connectivity index (χ0v) is 18.6. The standard InChI is InChI=1S/C28H31N2/c1-18-15-19(2)20(3)26(16-18)28-25-11-12-27-24(23(25)13-14-30(28)4)10-9-22(29-27)17-21-7-5-6-8-21/h9-16,21H,5-8,17H2,1-4H3/q+1. The van der Waals surface area contributed by atoms with Gasteiger partial charge in [0.05, 0.1) is 16.5 Å². The molecule has 1 aliphatic carbocycles. The van der Waals surface area contributed by atoms with E-state index >= 15 is 0 Å². The largest absolute Gasteiger partial charge is 0.253 e. The summed E-state index contributed by atoms with van der Waals surface area (Å²) in [7, 11) is 2.15. The van der Waals surface area contributed by atoms with Crippen molar-refractivity contribution in [2.24, 2.45) is 13.0 Å². The van der Waals surface area contributed by atoms with Crippen molar-refractivity contribution in [3.63, 3.8) is 0 Å². The second kappa shape index (κ2) is 7.50. The minimum absolute atomic E-state index is 0.827. The molecule has 5 rings (SSSR count). The van der Waals surface area contributed by atoms with E-state index in [2.05, 4.69) is 81.0 Å². The van der Waals surface area contributed by atoms with Crippen LogP contribution in [0.1, 0.15) is 48.1 Å². The van der Waals surface area contributed by atoms with Gasteiger partial charge < -0.3 is 0 Å². The van der Waals surface area contributed by atoms with E-state index in [1.165, 1.54) is 75.5 Å². The van der Waals surface area contributed by atoms with E-state index in [4.69, 9.17) is 4.98 Å². The molecule has 1 aliphatic rings. The molecule has 0 spiro atoms. The highest BCUT2D eigenvalue weighted by molar-refractivity contribution is 6.09. The van der Waals surface area contributed by atoms with Gasteiger partial charge in [0.1, 0.15) is 7.05 Å². The highest BCUT2D eigenvalue weighted by Gasteiger charge is 2.20. The number of aryl methyl sites for hydroxylation is 3. The summed E-state index contributed by atoms with van der Waals surface area (Å²) in [5.41, 5.74) is 8.99. The summed E-state index contributed by atoms with van der Waals surface area (Å²) in [5, 5.41) is 3.84. The first kappa shape index (κ1) is 19.2. The third-order valence-electron chi connectivity index (χ3n) is 7.08. The number of benzene rings is 2. The molecule has 0 atom stereocenters. The normalized spacial score (nSPS) is 14.8. The molecule has 0 amide bonds. The number of nitrogens with zero attached hydrogens (tertiary/aromatic N) is 2. The third-order valence-corrected chi connectivity index (χ3v) is 7.08. The molecule has 0 bridgehead atoms. The molecule has 0 saturated heterocycles. The maximum Gasteiger partial charge on any atom is 0.220 e. The Balaban J connectivity index is 1.68. The first-order valence-electron chi connectivity index (χ1n) is 11.3. The summed E-state index contributed by atoms with van der Waals surface area (Å²) in [4.78, 5) is 5.05. The molecule has 1 saturated carbocycles. The van der Waals surface area contributed by atoms with Crippen LogP contribution in [0.5, 0.6) is 0 Å². The van der Waals surface area contributed by atoms with Gasteiger partial charge in [0.25, 0.3) is 0 Å². The van der Waals surface area contributed by atoms with Gasteiger partial charge in [-0.3, -0.25) is 4.98 Å². The Kier molecular flexibility index (Phi) is 4.81. The first-order chi connectivity index (χ1) is 14.5. The number of hydrogen-bond acceptors (Lipinski definition) is 1. The minimum atomic E-state index is 0.827. The van der Waals surface area contributed by atoms with Crippen LogP contribution in [0.4, 0.5) is 0 Å². The Morgan fingerprint density at radius 2 is 1.67 bits per heavy atom. The van der Waals surface area contributed by atoms with Crippen molar-refractivity contribution < 1.29 is 4.57 Å². The van der Waals surface area contributed by atoms with Gasteiger partial charge in [-0.2, -0.15) is 0 Å². The predicted molar refractivity (Wildman–Crippen MR) is 126 cm³/mol. The second-order valence-electron chi connectivity index (χ2n) is 9.28. The van der Waals surface area contributed by atoms with Crippen LogP contribution < -0.4 is 4.57 Å². The van der Waals surface area contributed by atoms with Gasteiger partial charge in [-0.25, -0.2) is 4.57 Å². The monoisotopic (exact) mass is 395 g/mol. The Bertz CT molecular complexity index is 1260. The van der Waals surface area contributed by atoms with E-state index in [0.717, 1.165) is 17.9 Å². The summed E-state index contributed by atoms with van der Waals surface area (Å²) in [6.45, 7) is 6.63. The van der Waals surface area contributed by atoms with Gasteiger partial charge in [-0.1, -0.05) is 43.4 Å². The average Bonchev–Trinajstić information content (AvgIpc) is 3.23. The number of fused-ring (bicyclic) bond motifs is 3. The van der Waals surface area contributed by atoms with Crippen LogP contribution in [-0.4, -0.2) is 4.98 Å². The fourth-order valence-electron chi connectivity index (χ4n) is 5.35. The van der Waals surface area contributed by atoms with Gasteiger partial charge >= 0.3 is 0 Å². The third kappa shape index (κ3) is 3.29. The molecule has 4 aromatic rings. The zero-order chi connectivity index (χ0) is 20.8. The molecule has 2 nitrogen and oxygen atoms in total. The van der Waals surface area contributed by atoms with Gasteiger partial charge in [0, 0.05) is 22.5 Å². The molecule has 2 heteroatoms. The molecule has 0 radical (unpaired) electrons. The minimum Gasteiger partial charge on any atom is -0.253 e. The van der Waals surface area contributed by atoms with Gasteiger partial charge in [0.2, 0.25) is 5.69 Å². The van der Waals surface area contributed by atoms with E-state index < -0.39 is 0 Å². The van der Waals surface area contributed by atoms with Crippen molar-refractivity contribution in [1.29, 1.82) is 0 Å². The van der Waals surface area contributed by atoms with Crippen molar-refractivity contribution in [2.45, 2.75) is 52.9 Å². The lowest BCUT2D eigenvalue weighted by Gasteiger charge is -2.13. The van der Waals surface area contributed by atoms with Crippen LogP contribution in [-0.2, 0) is 13.5 Å². The average molecular weight is 396 g/mol. The predicted octanol–water partition coefficient (Wildman–Crippen LogP) is 6.54. The summed E-state index contributed by atoms with van der Waals surface area (Å²) in [5.74, 6) is 0.827. The van der Waals surface area contributed by atoms with E-state index in [1.54, 1.807) is 0 Å². The maximum absolute atomic E-state index is 5.05. The molecule has 0 aliphatic heterocycles. The zero-order valence-electron chi connectivity index (χ0n) is 18.6. The molecule has 30 heavy (non-hydrogen) atoms. The molecule has 2 aromatic heterocycles. The number of rotatable bonds is 3. The number of aromatic nitrogens is 2. The first-order valence-corrected chi connectivity index (χ1v) is 11.3. The quantitative estimate of drug-likeness (QED) is 0.284. The lowest BCUT2D eigenvalue weighted by Crippen LogP contribution is -2.30. The van der Waals surface area contributed by atoms with Crippen molar-refractivity contribution in [2.75, 3.05) is 0 Å². The summed E-state index contributed by atoms with van der Waals surface area (Å²) >= 11 is 0. The molecular weight excluding hydrogens is 364 g/mol. The van der Waals surface area contributed by atoms with Crippen LogP contribution in [0, 0.1) is 26.7 Å².